The van der Waals surface area contributed by atoms with Crippen LogP contribution in [-0.4, -0.2) is 18.9 Å². The molecule has 0 aromatic heterocycles. The van der Waals surface area contributed by atoms with Crippen molar-refractivity contribution in [3.05, 3.63) is 23.8 Å². The van der Waals surface area contributed by atoms with Crippen LogP contribution in [-0.2, 0) is 4.79 Å². The fourth-order valence-electron chi connectivity index (χ4n) is 1.16. The second kappa shape index (κ2) is 5.75. The van der Waals surface area contributed by atoms with Crippen molar-refractivity contribution >= 4 is 17.9 Å². The molecule has 0 atom stereocenters. The lowest BCUT2D eigenvalue weighted by Crippen LogP contribution is -2.22. The number of aldehydes is 1. The van der Waals surface area contributed by atoms with E-state index in [1.54, 1.807) is 12.1 Å². The number of carbonyl (C=O) groups is 2. The maximum absolute atomic E-state index is 10.5. The van der Waals surface area contributed by atoms with Crippen LogP contribution >= 0.6 is 0 Å². The third-order valence-electron chi connectivity index (χ3n) is 1.98. The highest BCUT2D eigenvalue weighted by Gasteiger charge is 2.00. The number of hydrogen-bond donors (Lipinski definition) is 1. The largest absolute Gasteiger partial charge is 0.550 e. The van der Waals surface area contributed by atoms with E-state index < -0.39 is 5.97 Å². The molecular weight excluding hydrogens is 210 g/mol. The summed E-state index contributed by atoms with van der Waals surface area (Å²) in [5.41, 5.74) is 6.31. The molecule has 0 aliphatic heterocycles. The summed E-state index contributed by atoms with van der Waals surface area (Å²) in [4.78, 5) is 20.6. The van der Waals surface area contributed by atoms with Crippen LogP contribution in [0.2, 0.25) is 0 Å². The van der Waals surface area contributed by atoms with Gasteiger partial charge in [0.15, 0.2) is 6.29 Å². The van der Waals surface area contributed by atoms with E-state index in [9.17, 15) is 14.7 Å². The highest BCUT2D eigenvalue weighted by molar-refractivity contribution is 5.83. The molecule has 0 fully saturated rings. The highest BCUT2D eigenvalue weighted by atomic mass is 16.5. The first kappa shape index (κ1) is 12.0. The second-order valence-electron chi connectivity index (χ2n) is 3.23. The normalized spacial score (nSPS) is 9.75. The maximum atomic E-state index is 10.5. The number of hydrogen-bond acceptors (Lipinski definition) is 5. The lowest BCUT2D eigenvalue weighted by Gasteiger charge is -2.07. The average molecular weight is 222 g/mol. The van der Waals surface area contributed by atoms with Crippen LogP contribution in [0.1, 0.15) is 23.2 Å². The molecule has 0 saturated carbocycles. The number of rotatable bonds is 6. The Bertz CT molecular complexity index is 390. The fourth-order valence-corrected chi connectivity index (χ4v) is 1.16. The molecule has 5 nitrogen and oxygen atoms in total. The summed E-state index contributed by atoms with van der Waals surface area (Å²) < 4.78 is 5.25. The maximum Gasteiger partial charge on any atom is 0.152 e. The standard InChI is InChI=1S/C11H13NO4/c12-10-6-9(4-3-8(10)7-13)16-5-1-2-11(14)15/h3-4,6-7H,1-2,5,12H2,(H,14,15)/p-1. The van der Waals surface area contributed by atoms with Crippen LogP contribution in [0, 0.1) is 0 Å². The van der Waals surface area contributed by atoms with Gasteiger partial charge in [0.05, 0.1) is 6.61 Å². The quantitative estimate of drug-likeness (QED) is 0.415. The summed E-state index contributed by atoms with van der Waals surface area (Å²) in [5, 5.41) is 10.1. The zero-order valence-electron chi connectivity index (χ0n) is 8.64. The van der Waals surface area contributed by atoms with E-state index in [0.29, 0.717) is 29.7 Å². The fraction of sp³-hybridized carbons (Fsp3) is 0.273. The predicted octanol–water partition coefficient (Wildman–Crippen LogP) is -0.00980. The molecular formula is C11H12NO4-. The Morgan fingerprint density at radius 3 is 2.81 bits per heavy atom. The van der Waals surface area contributed by atoms with Gasteiger partial charge in [0.25, 0.3) is 0 Å². The summed E-state index contributed by atoms with van der Waals surface area (Å²) in [7, 11) is 0. The zero-order valence-corrected chi connectivity index (χ0v) is 8.64. The van der Waals surface area contributed by atoms with Gasteiger partial charge in [-0.2, -0.15) is 0 Å². The molecule has 1 aromatic rings. The van der Waals surface area contributed by atoms with Crippen molar-refractivity contribution in [1.29, 1.82) is 0 Å². The van der Waals surface area contributed by atoms with Gasteiger partial charge in [-0.05, 0) is 25.0 Å². The smallest absolute Gasteiger partial charge is 0.152 e. The van der Waals surface area contributed by atoms with Crippen molar-refractivity contribution < 1.29 is 19.4 Å². The first-order valence-corrected chi connectivity index (χ1v) is 4.81. The third kappa shape index (κ3) is 3.61. The Labute approximate surface area is 92.8 Å². The molecule has 5 heteroatoms. The summed E-state index contributed by atoms with van der Waals surface area (Å²) in [5.74, 6) is -0.583. The van der Waals surface area contributed by atoms with Crippen molar-refractivity contribution in [2.75, 3.05) is 12.3 Å². The van der Waals surface area contributed by atoms with Gasteiger partial charge in [-0.1, -0.05) is 0 Å². The monoisotopic (exact) mass is 222 g/mol. The van der Waals surface area contributed by atoms with Crippen LogP contribution < -0.4 is 15.6 Å². The molecule has 86 valence electrons. The molecule has 1 aromatic carbocycles. The minimum atomic E-state index is -1.10. The van der Waals surface area contributed by atoms with Gasteiger partial charge < -0.3 is 20.4 Å². The van der Waals surface area contributed by atoms with E-state index in [4.69, 9.17) is 10.5 Å². The van der Waals surface area contributed by atoms with Crippen molar-refractivity contribution in [3.63, 3.8) is 0 Å². The number of carboxylic acids is 1. The van der Waals surface area contributed by atoms with Crippen LogP contribution in [0.4, 0.5) is 5.69 Å². The Morgan fingerprint density at radius 1 is 1.50 bits per heavy atom. The van der Waals surface area contributed by atoms with Crippen molar-refractivity contribution in [3.8, 4) is 5.75 Å². The summed E-state index contributed by atoms with van der Waals surface area (Å²) in [6.45, 7) is 0.272. The Kier molecular flexibility index (Phi) is 4.32. The number of nitrogen functional groups attached to an aromatic ring is 1. The number of carboxylic acid groups (broad SMARTS) is 1. The zero-order chi connectivity index (χ0) is 12.0. The number of ether oxygens (including phenoxy) is 1. The molecule has 2 N–H and O–H groups in total. The van der Waals surface area contributed by atoms with Crippen LogP contribution in [0.5, 0.6) is 5.75 Å². The van der Waals surface area contributed by atoms with E-state index in [1.807, 2.05) is 0 Å². The number of carbonyl (C=O) groups excluding carboxylic acids is 2. The van der Waals surface area contributed by atoms with Gasteiger partial charge in [-0.3, -0.25) is 4.79 Å². The number of anilines is 1. The van der Waals surface area contributed by atoms with Crippen molar-refractivity contribution in [2.45, 2.75) is 12.8 Å². The van der Waals surface area contributed by atoms with Gasteiger partial charge >= 0.3 is 0 Å². The lowest BCUT2D eigenvalue weighted by molar-refractivity contribution is -0.305. The first-order valence-electron chi connectivity index (χ1n) is 4.81. The van der Waals surface area contributed by atoms with Gasteiger partial charge in [0, 0.05) is 23.3 Å². The molecule has 0 saturated heterocycles. The first-order chi connectivity index (χ1) is 7.63. The van der Waals surface area contributed by atoms with E-state index in [0.717, 1.165) is 0 Å². The molecule has 0 amide bonds. The van der Waals surface area contributed by atoms with Gasteiger partial charge in [-0.15, -0.1) is 0 Å². The van der Waals surface area contributed by atoms with Crippen LogP contribution in [0.3, 0.4) is 0 Å². The molecule has 0 aliphatic carbocycles. The lowest BCUT2D eigenvalue weighted by atomic mass is 10.2. The van der Waals surface area contributed by atoms with Crippen LogP contribution in [0.25, 0.3) is 0 Å². The molecule has 16 heavy (non-hydrogen) atoms. The molecule has 0 unspecified atom stereocenters. The van der Waals surface area contributed by atoms with E-state index in [1.165, 1.54) is 6.07 Å². The van der Waals surface area contributed by atoms with Gasteiger partial charge in [-0.25, -0.2) is 0 Å². The topological polar surface area (TPSA) is 92.4 Å². The summed E-state index contributed by atoms with van der Waals surface area (Å²) in [6.07, 6.45) is 0.995. The number of nitrogens with two attached hydrogens (primary N) is 1. The van der Waals surface area contributed by atoms with Gasteiger partial charge in [0.2, 0.25) is 0 Å². The van der Waals surface area contributed by atoms with E-state index in [-0.39, 0.29) is 13.0 Å². The van der Waals surface area contributed by atoms with Crippen molar-refractivity contribution in [2.24, 2.45) is 0 Å². The minimum Gasteiger partial charge on any atom is -0.550 e. The van der Waals surface area contributed by atoms with Crippen molar-refractivity contribution in [1.82, 2.24) is 0 Å². The second-order valence-corrected chi connectivity index (χ2v) is 3.23. The number of aliphatic carboxylic acids is 1. The Hall–Kier alpha value is -2.04. The minimum absolute atomic E-state index is 0.0398. The predicted molar refractivity (Wildman–Crippen MR) is 56.0 cm³/mol. The number of benzene rings is 1. The average Bonchev–Trinajstić information content (AvgIpc) is 2.24. The SMILES string of the molecule is Nc1cc(OCCCC(=O)[O-])ccc1C=O. The molecule has 0 spiro atoms. The van der Waals surface area contributed by atoms with E-state index >= 15 is 0 Å². The Morgan fingerprint density at radius 2 is 2.25 bits per heavy atom. The van der Waals surface area contributed by atoms with Gasteiger partial charge in [0.1, 0.15) is 5.75 Å². The highest BCUT2D eigenvalue weighted by Crippen LogP contribution is 2.18. The molecule has 0 radical (unpaired) electrons. The summed E-state index contributed by atoms with van der Waals surface area (Å²) in [6, 6.07) is 4.69. The molecule has 0 heterocycles. The third-order valence-corrected chi connectivity index (χ3v) is 1.98. The molecule has 1 rings (SSSR count). The Balaban J connectivity index is 2.46. The summed E-state index contributed by atoms with van der Waals surface area (Å²) >= 11 is 0. The molecule has 0 aliphatic rings. The van der Waals surface area contributed by atoms with E-state index in [2.05, 4.69) is 0 Å². The molecule has 0 bridgehead atoms. The van der Waals surface area contributed by atoms with Crippen LogP contribution in [0.15, 0.2) is 18.2 Å².